The lowest BCUT2D eigenvalue weighted by atomic mass is 9.91. The summed E-state index contributed by atoms with van der Waals surface area (Å²) in [5, 5.41) is 7.05. The van der Waals surface area contributed by atoms with Gasteiger partial charge in [0.05, 0.1) is 6.04 Å². The topological polar surface area (TPSA) is 28.0 Å². The first-order valence-electron chi connectivity index (χ1n) is 7.99. The monoisotopic (exact) mass is 283 g/mol. The van der Waals surface area contributed by atoms with Crippen molar-refractivity contribution in [3.63, 3.8) is 0 Å². The molecule has 21 heavy (non-hydrogen) atoms. The summed E-state index contributed by atoms with van der Waals surface area (Å²) in [6.07, 6.45) is 14.8. The van der Waals surface area contributed by atoms with Crippen molar-refractivity contribution in [2.75, 3.05) is 6.54 Å². The van der Waals surface area contributed by atoms with Crippen molar-refractivity contribution in [2.24, 2.45) is 21.4 Å². The van der Waals surface area contributed by atoms with Gasteiger partial charge in [0.1, 0.15) is 0 Å². The molecule has 0 spiro atoms. The van der Waals surface area contributed by atoms with Crippen LogP contribution in [0.4, 0.5) is 0 Å². The van der Waals surface area contributed by atoms with E-state index >= 15 is 0 Å². The summed E-state index contributed by atoms with van der Waals surface area (Å²) in [6.45, 7) is 11.2. The molecule has 3 nitrogen and oxygen atoms in total. The number of hydrogen-bond acceptors (Lipinski definition) is 2. The van der Waals surface area contributed by atoms with Gasteiger partial charge in [-0.25, -0.2) is 4.99 Å². The van der Waals surface area contributed by atoms with Crippen molar-refractivity contribution in [1.82, 2.24) is 5.01 Å². The Balaban J connectivity index is 1.76. The number of allylic oxidation sites excluding steroid dienone is 3. The second-order valence-electron chi connectivity index (χ2n) is 6.71. The minimum absolute atomic E-state index is 0.211. The average Bonchev–Trinajstić information content (AvgIpc) is 3.11. The number of hydrogen-bond donors (Lipinski definition) is 0. The minimum atomic E-state index is 0.211. The van der Waals surface area contributed by atoms with Gasteiger partial charge in [-0.15, -0.1) is 0 Å². The van der Waals surface area contributed by atoms with Gasteiger partial charge in [0, 0.05) is 12.5 Å². The summed E-state index contributed by atoms with van der Waals surface area (Å²) in [5.74, 6) is 1.31. The summed E-state index contributed by atoms with van der Waals surface area (Å²) >= 11 is 0. The Hall–Kier alpha value is -1.64. The molecule has 3 rings (SSSR count). The first kappa shape index (κ1) is 14.3. The summed E-state index contributed by atoms with van der Waals surface area (Å²) < 4.78 is 0. The zero-order valence-electron chi connectivity index (χ0n) is 13.0. The lowest BCUT2D eigenvalue weighted by Crippen LogP contribution is -2.32. The standard InChI is InChI=1S/C18H25N3/c1-14(18(2)11-12-18)17(19-3)20-21-13-7-10-16(21)15-8-5-4-6-9-15/h4-6,8,15-16H,1,3,7,9-13H2,2H3/b20-17-. The smallest absolute Gasteiger partial charge is 0.174 e. The Kier molecular flexibility index (Phi) is 3.83. The van der Waals surface area contributed by atoms with Gasteiger partial charge < -0.3 is 0 Å². The second-order valence-corrected chi connectivity index (χ2v) is 6.71. The Bertz CT molecular complexity index is 523. The molecule has 2 unspecified atom stereocenters. The van der Waals surface area contributed by atoms with Crippen molar-refractivity contribution < 1.29 is 0 Å². The molecule has 3 aliphatic rings. The predicted molar refractivity (Wildman–Crippen MR) is 89.6 cm³/mol. The van der Waals surface area contributed by atoms with E-state index in [9.17, 15) is 0 Å². The summed E-state index contributed by atoms with van der Waals surface area (Å²) in [4.78, 5) is 4.16. The number of amidine groups is 1. The quantitative estimate of drug-likeness (QED) is 0.567. The molecule has 0 bridgehead atoms. The van der Waals surface area contributed by atoms with E-state index < -0.39 is 0 Å². The van der Waals surface area contributed by atoms with Crippen LogP contribution in [0.1, 0.15) is 39.0 Å². The molecular formula is C18H25N3. The zero-order valence-corrected chi connectivity index (χ0v) is 13.0. The lowest BCUT2D eigenvalue weighted by Gasteiger charge is -2.29. The van der Waals surface area contributed by atoms with Crippen molar-refractivity contribution in [2.45, 2.75) is 45.1 Å². The van der Waals surface area contributed by atoms with Crippen LogP contribution in [0.2, 0.25) is 0 Å². The second kappa shape index (κ2) is 5.63. The van der Waals surface area contributed by atoms with Crippen molar-refractivity contribution in [1.29, 1.82) is 0 Å². The predicted octanol–water partition coefficient (Wildman–Crippen LogP) is 3.95. The maximum Gasteiger partial charge on any atom is 0.174 e. The van der Waals surface area contributed by atoms with Crippen molar-refractivity contribution in [3.8, 4) is 0 Å². The van der Waals surface area contributed by atoms with Crippen LogP contribution in [0, 0.1) is 11.3 Å². The molecule has 3 heteroatoms. The van der Waals surface area contributed by atoms with Crippen molar-refractivity contribution in [3.05, 3.63) is 36.5 Å². The SMILES string of the molecule is C=N/C(=N\N1CCCC1C1C=CC=CC1)C(=C)C1(C)CC1. The molecule has 0 radical (unpaired) electrons. The van der Waals surface area contributed by atoms with E-state index in [4.69, 9.17) is 5.10 Å². The highest BCUT2D eigenvalue weighted by molar-refractivity contribution is 6.01. The molecule has 112 valence electrons. The number of nitrogens with zero attached hydrogens (tertiary/aromatic N) is 3. The fourth-order valence-corrected chi connectivity index (χ4v) is 3.29. The average molecular weight is 283 g/mol. The summed E-state index contributed by atoms with van der Waals surface area (Å²) in [7, 11) is 0. The van der Waals surface area contributed by atoms with Crippen LogP contribution in [-0.2, 0) is 0 Å². The third-order valence-electron chi connectivity index (χ3n) is 5.15. The zero-order chi connectivity index (χ0) is 14.9. The van der Waals surface area contributed by atoms with E-state index in [1.165, 1.54) is 25.7 Å². The van der Waals surface area contributed by atoms with Gasteiger partial charge in [-0.05, 0) is 49.8 Å². The van der Waals surface area contributed by atoms with Gasteiger partial charge in [-0.2, -0.15) is 5.10 Å². The highest BCUT2D eigenvalue weighted by Gasteiger charge is 2.42. The summed E-state index contributed by atoms with van der Waals surface area (Å²) in [6, 6.07) is 0.489. The van der Waals surface area contributed by atoms with Crippen LogP contribution in [-0.4, -0.2) is 30.1 Å². The van der Waals surface area contributed by atoms with Gasteiger partial charge in [-0.1, -0.05) is 37.8 Å². The molecule has 0 amide bonds. The Morgan fingerprint density at radius 3 is 2.76 bits per heavy atom. The molecule has 2 aliphatic carbocycles. The Labute approximate surface area is 127 Å². The van der Waals surface area contributed by atoms with E-state index in [2.05, 4.69) is 54.5 Å². The molecule has 1 saturated carbocycles. The van der Waals surface area contributed by atoms with E-state index in [1.54, 1.807) is 0 Å². The maximum atomic E-state index is 4.82. The van der Waals surface area contributed by atoms with E-state index in [0.717, 1.165) is 24.4 Å². The molecule has 0 aromatic rings. The first-order valence-corrected chi connectivity index (χ1v) is 7.99. The Morgan fingerprint density at radius 2 is 2.14 bits per heavy atom. The van der Waals surface area contributed by atoms with Gasteiger partial charge >= 0.3 is 0 Å². The van der Waals surface area contributed by atoms with Gasteiger partial charge in [0.25, 0.3) is 0 Å². The largest absolute Gasteiger partial charge is 0.291 e. The third-order valence-corrected chi connectivity index (χ3v) is 5.15. The number of aliphatic imine (C=N–C) groups is 1. The number of hydrazone groups is 1. The minimum Gasteiger partial charge on any atom is -0.291 e. The molecule has 1 heterocycles. The lowest BCUT2D eigenvalue weighted by molar-refractivity contribution is 0.220. The van der Waals surface area contributed by atoms with Crippen LogP contribution in [0.15, 0.2) is 46.5 Å². The van der Waals surface area contributed by atoms with E-state index in [-0.39, 0.29) is 5.41 Å². The molecule has 0 aromatic carbocycles. The number of rotatable bonds is 4. The molecule has 0 N–H and O–H groups in total. The third kappa shape index (κ3) is 2.87. The van der Waals surface area contributed by atoms with E-state index in [1.807, 2.05) is 0 Å². The van der Waals surface area contributed by atoms with Crippen LogP contribution >= 0.6 is 0 Å². The first-order chi connectivity index (χ1) is 10.1. The molecule has 1 saturated heterocycles. The molecule has 0 aromatic heterocycles. The van der Waals surface area contributed by atoms with Crippen LogP contribution in [0.5, 0.6) is 0 Å². The fourth-order valence-electron chi connectivity index (χ4n) is 3.29. The van der Waals surface area contributed by atoms with Gasteiger partial charge in [-0.3, -0.25) is 5.01 Å². The van der Waals surface area contributed by atoms with Crippen molar-refractivity contribution >= 4 is 12.6 Å². The summed E-state index contributed by atoms with van der Waals surface area (Å²) in [5.41, 5.74) is 1.27. The normalized spacial score (nSPS) is 30.5. The molecule has 2 atom stereocenters. The van der Waals surface area contributed by atoms with Crippen LogP contribution in [0.3, 0.4) is 0 Å². The maximum absolute atomic E-state index is 4.82. The van der Waals surface area contributed by atoms with Crippen LogP contribution in [0.25, 0.3) is 0 Å². The van der Waals surface area contributed by atoms with Crippen LogP contribution < -0.4 is 0 Å². The Morgan fingerprint density at radius 1 is 1.33 bits per heavy atom. The highest BCUT2D eigenvalue weighted by atomic mass is 15.5. The van der Waals surface area contributed by atoms with E-state index in [0.29, 0.717) is 12.0 Å². The molecule has 2 fully saturated rings. The molecule has 1 aliphatic heterocycles. The highest BCUT2D eigenvalue weighted by Crippen LogP contribution is 2.51. The van der Waals surface area contributed by atoms with Gasteiger partial charge in [0.2, 0.25) is 0 Å². The molecular weight excluding hydrogens is 258 g/mol. The van der Waals surface area contributed by atoms with Gasteiger partial charge in [0.15, 0.2) is 5.84 Å². The fraction of sp³-hybridized carbons (Fsp3) is 0.556.